The first-order valence-electron chi connectivity index (χ1n) is 3.20. The van der Waals surface area contributed by atoms with Crippen molar-refractivity contribution >= 4 is 0 Å². The SMILES string of the molecule is O=c1[nH]cnn1CC(F)(F)C(F)F. The minimum atomic E-state index is -4.24. The van der Waals surface area contributed by atoms with Crippen molar-refractivity contribution in [1.82, 2.24) is 14.8 Å². The molecular formula is C5H5F4N3O. The van der Waals surface area contributed by atoms with Gasteiger partial charge < -0.3 is 0 Å². The molecular weight excluding hydrogens is 194 g/mol. The van der Waals surface area contributed by atoms with Gasteiger partial charge in [0.05, 0.1) is 0 Å². The molecule has 0 fully saturated rings. The van der Waals surface area contributed by atoms with E-state index in [9.17, 15) is 22.4 Å². The number of aromatic amines is 1. The van der Waals surface area contributed by atoms with Gasteiger partial charge in [0.25, 0.3) is 0 Å². The molecule has 0 radical (unpaired) electrons. The fraction of sp³-hybridized carbons (Fsp3) is 0.600. The number of hydrogen-bond acceptors (Lipinski definition) is 2. The van der Waals surface area contributed by atoms with E-state index in [1.807, 2.05) is 4.98 Å². The minimum Gasteiger partial charge on any atom is -0.295 e. The predicted molar refractivity (Wildman–Crippen MR) is 33.8 cm³/mol. The Morgan fingerprint density at radius 1 is 1.62 bits per heavy atom. The van der Waals surface area contributed by atoms with Crippen LogP contribution < -0.4 is 5.69 Å². The molecule has 1 N–H and O–H groups in total. The lowest BCUT2D eigenvalue weighted by molar-refractivity contribution is -0.139. The Hall–Kier alpha value is -1.34. The minimum absolute atomic E-state index is 0.242. The number of nitrogens with zero attached hydrogens (tertiary/aromatic N) is 2. The van der Waals surface area contributed by atoms with Crippen molar-refractivity contribution in [3.8, 4) is 0 Å². The summed E-state index contributed by atoms with van der Waals surface area (Å²) < 4.78 is 48.2. The molecule has 0 saturated carbocycles. The molecule has 1 aromatic rings. The Balaban J connectivity index is 2.80. The van der Waals surface area contributed by atoms with Crippen molar-refractivity contribution in [2.45, 2.75) is 18.9 Å². The van der Waals surface area contributed by atoms with E-state index < -0.39 is 24.6 Å². The topological polar surface area (TPSA) is 50.7 Å². The second-order valence-corrected chi connectivity index (χ2v) is 2.31. The van der Waals surface area contributed by atoms with Crippen LogP contribution in [0.15, 0.2) is 11.1 Å². The highest BCUT2D eigenvalue weighted by Gasteiger charge is 2.41. The summed E-state index contributed by atoms with van der Waals surface area (Å²) in [6.07, 6.45) is -2.96. The van der Waals surface area contributed by atoms with E-state index in [0.717, 1.165) is 6.33 Å². The Morgan fingerprint density at radius 3 is 2.62 bits per heavy atom. The molecule has 0 aliphatic heterocycles. The zero-order chi connectivity index (χ0) is 10.1. The number of rotatable bonds is 3. The summed E-state index contributed by atoms with van der Waals surface area (Å²) in [6.45, 7) is -1.42. The number of H-pyrrole nitrogens is 1. The third-order valence-electron chi connectivity index (χ3n) is 1.30. The van der Waals surface area contributed by atoms with Crippen LogP contribution in [0.25, 0.3) is 0 Å². The van der Waals surface area contributed by atoms with Crippen molar-refractivity contribution in [2.24, 2.45) is 0 Å². The van der Waals surface area contributed by atoms with Crippen LogP contribution in [0.3, 0.4) is 0 Å². The molecule has 0 bridgehead atoms. The number of aromatic nitrogens is 3. The first-order chi connectivity index (χ1) is 5.93. The average molecular weight is 199 g/mol. The van der Waals surface area contributed by atoms with Gasteiger partial charge in [-0.1, -0.05) is 0 Å². The molecule has 0 aliphatic rings. The maximum absolute atomic E-state index is 12.3. The summed E-state index contributed by atoms with van der Waals surface area (Å²) >= 11 is 0. The van der Waals surface area contributed by atoms with Crippen LogP contribution in [0.5, 0.6) is 0 Å². The van der Waals surface area contributed by atoms with Crippen LogP contribution in [0.2, 0.25) is 0 Å². The van der Waals surface area contributed by atoms with Gasteiger partial charge in [0.2, 0.25) is 0 Å². The van der Waals surface area contributed by atoms with Crippen LogP contribution in [0.4, 0.5) is 17.6 Å². The van der Waals surface area contributed by atoms with E-state index in [1.165, 1.54) is 0 Å². The van der Waals surface area contributed by atoms with Crippen LogP contribution >= 0.6 is 0 Å². The highest BCUT2D eigenvalue weighted by molar-refractivity contribution is 4.71. The van der Waals surface area contributed by atoms with E-state index in [4.69, 9.17) is 0 Å². The first-order valence-corrected chi connectivity index (χ1v) is 3.20. The molecule has 0 aromatic carbocycles. The highest BCUT2D eigenvalue weighted by atomic mass is 19.3. The molecule has 74 valence electrons. The Bertz CT molecular complexity index is 331. The zero-order valence-electron chi connectivity index (χ0n) is 6.18. The predicted octanol–water partition coefficient (Wildman–Crippen LogP) is 0.472. The third-order valence-corrected chi connectivity index (χ3v) is 1.30. The van der Waals surface area contributed by atoms with Crippen molar-refractivity contribution in [3.63, 3.8) is 0 Å². The van der Waals surface area contributed by atoms with Gasteiger partial charge in [-0.15, -0.1) is 0 Å². The van der Waals surface area contributed by atoms with Crippen molar-refractivity contribution in [2.75, 3.05) is 0 Å². The molecule has 13 heavy (non-hydrogen) atoms. The van der Waals surface area contributed by atoms with Gasteiger partial charge >= 0.3 is 18.0 Å². The zero-order valence-corrected chi connectivity index (χ0v) is 6.18. The summed E-state index contributed by atoms with van der Waals surface area (Å²) in [4.78, 5) is 12.5. The van der Waals surface area contributed by atoms with Gasteiger partial charge in [0.15, 0.2) is 0 Å². The molecule has 0 spiro atoms. The molecule has 4 nitrogen and oxygen atoms in total. The number of alkyl halides is 4. The number of nitrogens with one attached hydrogen (secondary N) is 1. The summed E-state index contributed by atoms with van der Waals surface area (Å²) in [5.41, 5.74) is -0.944. The lowest BCUT2D eigenvalue weighted by atomic mass is 10.3. The monoisotopic (exact) mass is 199 g/mol. The number of hydrogen-bond donors (Lipinski definition) is 1. The van der Waals surface area contributed by atoms with Gasteiger partial charge in [0.1, 0.15) is 12.9 Å². The molecule has 8 heteroatoms. The van der Waals surface area contributed by atoms with Gasteiger partial charge in [-0.25, -0.2) is 18.3 Å². The molecule has 0 aliphatic carbocycles. The van der Waals surface area contributed by atoms with Gasteiger partial charge in [0, 0.05) is 0 Å². The smallest absolute Gasteiger partial charge is 0.295 e. The summed E-state index contributed by atoms with van der Waals surface area (Å²) in [7, 11) is 0. The van der Waals surface area contributed by atoms with Crippen molar-refractivity contribution < 1.29 is 17.6 Å². The summed E-state index contributed by atoms with van der Waals surface area (Å²) in [6, 6.07) is 0. The lowest BCUT2D eigenvalue weighted by Gasteiger charge is -2.13. The standard InChI is InChI=1S/C5H5F4N3O/c6-3(7)5(8,9)1-12-4(13)10-2-11-12/h2-3H,1H2,(H,10,11,13). The second kappa shape index (κ2) is 3.19. The van der Waals surface area contributed by atoms with Crippen LogP contribution in [-0.2, 0) is 6.54 Å². The van der Waals surface area contributed by atoms with Crippen LogP contribution in [-0.4, -0.2) is 27.1 Å². The quantitative estimate of drug-likeness (QED) is 0.719. The summed E-state index contributed by atoms with van der Waals surface area (Å²) in [5.74, 6) is -4.24. The van der Waals surface area contributed by atoms with E-state index >= 15 is 0 Å². The van der Waals surface area contributed by atoms with E-state index in [-0.39, 0.29) is 4.68 Å². The normalized spacial score (nSPS) is 12.4. The molecule has 0 atom stereocenters. The lowest BCUT2D eigenvalue weighted by Crippen LogP contribution is -2.36. The fourth-order valence-corrected chi connectivity index (χ4v) is 0.662. The van der Waals surface area contributed by atoms with Gasteiger partial charge in [-0.05, 0) is 0 Å². The van der Waals surface area contributed by atoms with Gasteiger partial charge in [-0.2, -0.15) is 13.9 Å². The highest BCUT2D eigenvalue weighted by Crippen LogP contribution is 2.23. The molecule has 1 aromatic heterocycles. The van der Waals surface area contributed by atoms with E-state index in [0.29, 0.717) is 0 Å². The first kappa shape index (κ1) is 9.75. The van der Waals surface area contributed by atoms with Gasteiger partial charge in [-0.3, -0.25) is 4.98 Å². The maximum Gasteiger partial charge on any atom is 0.343 e. The number of halogens is 4. The van der Waals surface area contributed by atoms with E-state index in [1.54, 1.807) is 0 Å². The Morgan fingerprint density at radius 2 is 2.23 bits per heavy atom. The molecule has 0 saturated heterocycles. The fourth-order valence-electron chi connectivity index (χ4n) is 0.662. The van der Waals surface area contributed by atoms with Crippen molar-refractivity contribution in [1.29, 1.82) is 0 Å². The Labute approximate surface area is 69.2 Å². The Kier molecular flexibility index (Phi) is 2.39. The van der Waals surface area contributed by atoms with Crippen LogP contribution in [0.1, 0.15) is 0 Å². The second-order valence-electron chi connectivity index (χ2n) is 2.31. The van der Waals surface area contributed by atoms with E-state index in [2.05, 4.69) is 5.10 Å². The molecule has 1 heterocycles. The summed E-state index contributed by atoms with van der Waals surface area (Å²) in [5, 5.41) is 3.12. The third kappa shape index (κ3) is 2.07. The maximum atomic E-state index is 12.3. The van der Waals surface area contributed by atoms with Crippen LogP contribution in [0, 0.1) is 0 Å². The average Bonchev–Trinajstić information content (AvgIpc) is 2.35. The molecule has 1 rings (SSSR count). The molecule has 0 unspecified atom stereocenters. The molecule has 0 amide bonds. The largest absolute Gasteiger partial charge is 0.343 e. The van der Waals surface area contributed by atoms with Crippen molar-refractivity contribution in [3.05, 3.63) is 16.8 Å².